The van der Waals surface area contributed by atoms with Crippen LogP contribution in [0.15, 0.2) is 0 Å². The van der Waals surface area contributed by atoms with E-state index in [1.165, 1.54) is 6.42 Å². The van der Waals surface area contributed by atoms with Gasteiger partial charge in [0, 0.05) is 69.0 Å². The molecule has 0 heterocycles. The van der Waals surface area contributed by atoms with Crippen molar-refractivity contribution in [2.24, 2.45) is 10.8 Å². The molecule has 0 saturated carbocycles. The van der Waals surface area contributed by atoms with Crippen LogP contribution < -0.4 is 379 Å². The van der Waals surface area contributed by atoms with E-state index in [1.54, 1.807) is 0 Å². The Morgan fingerprint density at radius 1 is 0.236 bits per heavy atom. The molecule has 0 aliphatic rings. The summed E-state index contributed by atoms with van der Waals surface area (Å²) < 4.78 is 0. The van der Waals surface area contributed by atoms with Gasteiger partial charge >= 0.3 is 349 Å². The average molecular weight is 1750 g/mol. The van der Waals surface area contributed by atoms with Crippen molar-refractivity contribution in [3.05, 3.63) is 0 Å². The Labute approximate surface area is 869 Å². The molecule has 0 aliphatic carbocycles. The number of aliphatic hydroxyl groups excluding tert-OH is 7. The van der Waals surface area contributed by atoms with Gasteiger partial charge in [-0.05, 0) is 10.8 Å². The molecule has 0 aromatic carbocycles. The molecule has 0 unspecified atom stereocenters. The maximum absolute atomic E-state index is 8.97. The Kier molecular flexibility index (Phi) is 1880. The average Bonchev–Trinajstić information content (AvgIpc) is 3.55. The SMILES string of the molecule is CB([O-])[O-].CB([O-])[O-].CB([O-])[O-].CC.CC.CC.CC.CC.CC.CC.CC.CC.CC.CC.CC.CC.CC.CC.CC.CC(C)(C)C.CC(C)(C)C.CCC.CCC#N.CCC#N.CCC#N.CO.CO.CO.CO.CO.CO.CO.[Rb+].[Rb+].[Rb+].[Rb+].[Rb+].[Rb+]. The van der Waals surface area contributed by atoms with Crippen molar-refractivity contribution in [1.29, 1.82) is 15.8 Å². The van der Waals surface area contributed by atoms with E-state index in [4.69, 9.17) is 81.7 Å². The zero-order valence-electron chi connectivity index (χ0n) is 75.0. The monoisotopic (exact) mass is 1740 g/mol. The second kappa shape index (κ2) is 653. The predicted molar refractivity (Wildman–Crippen MR) is 387 cm³/mol. The summed E-state index contributed by atoms with van der Waals surface area (Å²) in [6.45, 7) is 94.4. The molecule has 16 nitrogen and oxygen atoms in total. The van der Waals surface area contributed by atoms with Gasteiger partial charge in [0.25, 0.3) is 0 Å². The van der Waals surface area contributed by atoms with Gasteiger partial charge in [-0.3, -0.25) is 0 Å². The molecule has 7 N–H and O–H groups in total. The third-order valence-electron chi connectivity index (χ3n) is 0.474. The minimum absolute atomic E-state index is 0. The fourth-order valence-corrected chi connectivity index (χ4v) is 0. The minimum Gasteiger partial charge on any atom is -0.893 e. The molecule has 0 atom stereocenters. The summed E-state index contributed by atoms with van der Waals surface area (Å²) in [7, 11) is 2.00. The van der Waals surface area contributed by atoms with E-state index in [1.807, 2.05) is 261 Å². The van der Waals surface area contributed by atoms with Crippen LogP contribution in [0.25, 0.3) is 0 Å². The molecular weight excluding hydrogens is 1560 g/mol. The predicted octanol–water partition coefficient (Wildman–Crippen LogP) is -2.54. The van der Waals surface area contributed by atoms with E-state index in [0.29, 0.717) is 30.1 Å². The van der Waals surface area contributed by atoms with Crippen molar-refractivity contribution in [2.45, 2.75) is 358 Å². The molecule has 0 aromatic heterocycles. The van der Waals surface area contributed by atoms with E-state index in [0.717, 1.165) is 70.2 Å². The molecule has 0 fully saturated rings. The summed E-state index contributed by atoms with van der Waals surface area (Å²) in [6, 6.07) is 5.79. The first kappa shape index (κ1) is 256. The van der Waals surface area contributed by atoms with Gasteiger partial charge in [0.15, 0.2) is 0 Å². The standard InChI is InChI=1S/2C5H12.3C3H5N.C3H8.16C2H6.3CH3BO2.7CH4O.6Rb/c2*1-5(2,3)4;3*1-2-3-4;1-3-2;16*1-2;3*1-2(3)4;7*1-2;;;;;;/h2*1-4H3;3*2H2,1H3;3H2,1-2H3;16*1-2H3;3*1H3;7*2H,1H3;;;;;;/q;;;;;;;;;;;;;;;;;;;;;;3*-2;;;;;;;;6*+1. The molecule has 25 heteroatoms. The Morgan fingerprint density at radius 3 is 0.247 bits per heavy atom. The third kappa shape index (κ3) is 6100. The Balaban J connectivity index is -0.00000000842. The van der Waals surface area contributed by atoms with Crippen LogP contribution in [0.4, 0.5) is 0 Å². The Morgan fingerprint density at radius 2 is 0.247 bits per heavy atom. The zero-order valence-corrected chi connectivity index (χ0v) is 104. The number of aliphatic hydroxyl groups is 7. The largest absolute Gasteiger partial charge is 1.00 e. The maximum Gasteiger partial charge on any atom is 1.00 e. The first-order valence-electron chi connectivity index (χ1n) is 31.5. The van der Waals surface area contributed by atoms with Gasteiger partial charge in [-0.1, -0.05) is 318 Å². The summed E-state index contributed by atoms with van der Waals surface area (Å²) in [5.74, 6) is 0. The van der Waals surface area contributed by atoms with E-state index >= 15 is 0 Å². The normalized spacial score (nSPS) is 4.69. The van der Waals surface area contributed by atoms with Crippen LogP contribution in [-0.2, 0) is 0 Å². The van der Waals surface area contributed by atoms with Crippen LogP contribution in [0, 0.1) is 44.8 Å². The third-order valence-corrected chi connectivity index (χ3v) is 0.474. The zero-order chi connectivity index (χ0) is 78.7. The van der Waals surface area contributed by atoms with Gasteiger partial charge in [0.2, 0.25) is 0 Å². The van der Waals surface area contributed by atoms with Crippen LogP contribution in [0.5, 0.6) is 0 Å². The van der Waals surface area contributed by atoms with Crippen LogP contribution in [0.1, 0.15) is 337 Å². The van der Waals surface area contributed by atoms with Gasteiger partial charge in [-0.15, -0.1) is 41.8 Å². The van der Waals surface area contributed by atoms with Crippen LogP contribution in [0.3, 0.4) is 0 Å². The first-order chi connectivity index (χ1) is 39.4. The molecule has 544 valence electrons. The van der Waals surface area contributed by atoms with Crippen molar-refractivity contribution in [1.82, 2.24) is 0 Å². The van der Waals surface area contributed by atoms with E-state index in [9.17, 15) is 0 Å². The molecule has 0 amide bonds. The molecule has 0 radical (unpaired) electrons. The molecule has 89 heavy (non-hydrogen) atoms. The molecule has 0 aromatic rings. The van der Waals surface area contributed by atoms with Gasteiger partial charge in [-0.2, -0.15) is 15.8 Å². The Bertz CT molecular complexity index is 453. The quantitative estimate of drug-likeness (QED) is 0.123. The number of hydrogen-bond donors (Lipinski definition) is 7. The van der Waals surface area contributed by atoms with Crippen LogP contribution in [0.2, 0.25) is 20.5 Å². The number of nitrogens with zero attached hydrogens (tertiary/aromatic N) is 3. The van der Waals surface area contributed by atoms with Gasteiger partial charge in [0.1, 0.15) is 0 Å². The fourth-order valence-electron chi connectivity index (χ4n) is 0. The molecule has 0 spiro atoms. The number of hydrogen-bond acceptors (Lipinski definition) is 16. The van der Waals surface area contributed by atoms with E-state index in [-0.39, 0.29) is 349 Å². The molecular formula is C64H180B3N3O13Rb6. The second-order valence-corrected chi connectivity index (χ2v) is 9.94. The Hall–Kier alpha value is 8.98. The topological polar surface area (TPSA) is 351 Å². The summed E-state index contributed by atoms with van der Waals surface area (Å²) >= 11 is 0. The number of rotatable bonds is 0. The van der Waals surface area contributed by atoms with Crippen molar-refractivity contribution in [3.63, 3.8) is 0 Å². The molecule has 0 rings (SSSR count). The molecule has 0 bridgehead atoms. The van der Waals surface area contributed by atoms with Gasteiger partial charge in [0.05, 0.1) is 18.2 Å². The second-order valence-electron chi connectivity index (χ2n) is 9.94. The summed E-state index contributed by atoms with van der Waals surface area (Å²) in [6.07, 6.45) is 3.12. The molecule has 0 saturated heterocycles. The van der Waals surface area contributed by atoms with Gasteiger partial charge < -0.3 is 65.9 Å². The first-order valence-corrected chi connectivity index (χ1v) is 31.5. The maximum atomic E-state index is 8.97. The molecule has 0 aliphatic heterocycles. The smallest absolute Gasteiger partial charge is 0.893 e. The van der Waals surface area contributed by atoms with Crippen molar-refractivity contribution < 1.29 is 415 Å². The van der Waals surface area contributed by atoms with E-state index in [2.05, 4.69) is 69.2 Å². The minimum atomic E-state index is -1.67. The van der Waals surface area contributed by atoms with E-state index < -0.39 is 21.4 Å². The van der Waals surface area contributed by atoms with Crippen molar-refractivity contribution in [3.8, 4) is 18.2 Å². The van der Waals surface area contributed by atoms with Gasteiger partial charge in [-0.25, -0.2) is 0 Å². The van der Waals surface area contributed by atoms with Crippen LogP contribution >= 0.6 is 0 Å². The van der Waals surface area contributed by atoms with Crippen molar-refractivity contribution in [2.75, 3.05) is 49.8 Å². The van der Waals surface area contributed by atoms with Crippen LogP contribution in [-0.4, -0.2) is 107 Å². The summed E-state index contributed by atoms with van der Waals surface area (Å²) in [4.78, 5) is 0. The summed E-state index contributed by atoms with van der Waals surface area (Å²) in [5, 5.41) is 126. The summed E-state index contributed by atoms with van der Waals surface area (Å²) in [5.41, 5.74) is 1.00. The van der Waals surface area contributed by atoms with Crippen molar-refractivity contribution >= 4 is 21.4 Å². The fraction of sp³-hybridized carbons (Fsp3) is 0.953. The number of nitriles is 3.